The minimum Gasteiger partial charge on any atom is -0.448 e. The number of amides is 1. The number of carbonyl (C=O) groups is 1. The predicted octanol–water partition coefficient (Wildman–Crippen LogP) is 5.45. The summed E-state index contributed by atoms with van der Waals surface area (Å²) < 4.78 is 44.3. The normalized spacial score (nSPS) is 11.2. The van der Waals surface area contributed by atoms with Gasteiger partial charge < -0.3 is 9.73 Å². The molecule has 1 heterocycles. The van der Waals surface area contributed by atoms with E-state index in [4.69, 9.17) is 4.42 Å². The first-order chi connectivity index (χ1) is 11.5. The summed E-state index contributed by atoms with van der Waals surface area (Å²) in [7, 11) is 0. The van der Waals surface area contributed by atoms with Gasteiger partial charge in [0, 0.05) is 15.8 Å². The summed E-state index contributed by atoms with van der Waals surface area (Å²) in [6, 6.07) is 10.6. The van der Waals surface area contributed by atoms with Crippen molar-refractivity contribution in [3.05, 3.63) is 59.6 Å². The second-order valence-corrected chi connectivity index (χ2v) is 6.03. The van der Waals surface area contributed by atoms with E-state index in [1.807, 2.05) is 0 Å². The molecule has 1 N–H and O–H groups in total. The second kappa shape index (κ2) is 6.60. The Hall–Kier alpha value is -2.41. The molecule has 0 aliphatic carbocycles. The Labute approximate surface area is 139 Å². The van der Waals surface area contributed by atoms with Crippen LogP contribution in [0.25, 0.3) is 11.0 Å². The van der Waals surface area contributed by atoms with Gasteiger partial charge in [0.25, 0.3) is 11.7 Å². The Morgan fingerprint density at radius 2 is 1.92 bits per heavy atom. The zero-order valence-electron chi connectivity index (χ0n) is 12.5. The quantitative estimate of drug-likeness (QED) is 0.636. The first-order valence-corrected chi connectivity index (χ1v) is 7.88. The number of rotatable bonds is 4. The molecule has 0 spiro atoms. The summed E-state index contributed by atoms with van der Waals surface area (Å²) in [6.07, 6.45) is 0. The van der Waals surface area contributed by atoms with Gasteiger partial charge in [-0.2, -0.15) is 8.78 Å². The van der Waals surface area contributed by atoms with Crippen molar-refractivity contribution in [3.8, 4) is 0 Å². The van der Waals surface area contributed by atoms with E-state index in [0.29, 0.717) is 22.7 Å². The van der Waals surface area contributed by atoms with Gasteiger partial charge in [-0.3, -0.25) is 4.79 Å². The number of anilines is 1. The van der Waals surface area contributed by atoms with E-state index in [0.717, 1.165) is 0 Å². The fourth-order valence-corrected chi connectivity index (χ4v) is 2.97. The van der Waals surface area contributed by atoms with E-state index in [2.05, 4.69) is 5.32 Å². The molecule has 0 unspecified atom stereocenters. The number of para-hydroxylation sites is 2. The van der Waals surface area contributed by atoms with Crippen molar-refractivity contribution in [2.75, 3.05) is 5.32 Å². The van der Waals surface area contributed by atoms with Crippen LogP contribution in [0.3, 0.4) is 0 Å². The van der Waals surface area contributed by atoms with E-state index in [-0.39, 0.29) is 21.9 Å². The molecular formula is C17H12F3NO2S. The summed E-state index contributed by atoms with van der Waals surface area (Å²) in [5, 5.41) is 3.04. The lowest BCUT2D eigenvalue weighted by molar-refractivity contribution is 0.0997. The molecule has 0 atom stereocenters. The van der Waals surface area contributed by atoms with E-state index >= 15 is 0 Å². The van der Waals surface area contributed by atoms with Gasteiger partial charge in [0.1, 0.15) is 0 Å². The number of hydrogen-bond donors (Lipinski definition) is 1. The Morgan fingerprint density at radius 1 is 1.17 bits per heavy atom. The Morgan fingerprint density at radius 3 is 2.62 bits per heavy atom. The molecule has 0 radical (unpaired) electrons. The number of benzene rings is 2. The van der Waals surface area contributed by atoms with E-state index in [9.17, 15) is 18.0 Å². The number of alkyl halides is 2. The summed E-state index contributed by atoms with van der Waals surface area (Å²) in [4.78, 5) is 12.7. The summed E-state index contributed by atoms with van der Waals surface area (Å²) >= 11 is 0.335. The van der Waals surface area contributed by atoms with Gasteiger partial charge in [0.05, 0.1) is 5.69 Å². The first kappa shape index (κ1) is 16.4. The fourth-order valence-electron chi connectivity index (χ4n) is 2.37. The number of halogens is 3. The first-order valence-electron chi connectivity index (χ1n) is 7.00. The van der Waals surface area contributed by atoms with Crippen molar-refractivity contribution in [2.45, 2.75) is 17.6 Å². The molecule has 0 saturated heterocycles. The SMILES string of the molecule is Cc1c(C(=O)Nc2ccccc2SC(F)F)oc2c(F)cccc12. The van der Waals surface area contributed by atoms with Crippen molar-refractivity contribution < 1.29 is 22.4 Å². The van der Waals surface area contributed by atoms with Crippen molar-refractivity contribution >= 4 is 34.3 Å². The molecule has 0 aliphatic heterocycles. The molecule has 1 aromatic heterocycles. The summed E-state index contributed by atoms with van der Waals surface area (Å²) in [6.45, 7) is 1.64. The maximum Gasteiger partial charge on any atom is 0.291 e. The highest BCUT2D eigenvalue weighted by molar-refractivity contribution is 7.99. The zero-order valence-corrected chi connectivity index (χ0v) is 13.3. The molecule has 24 heavy (non-hydrogen) atoms. The van der Waals surface area contributed by atoms with Crippen molar-refractivity contribution in [1.29, 1.82) is 0 Å². The van der Waals surface area contributed by atoms with Gasteiger partial charge in [-0.05, 0) is 25.1 Å². The molecule has 124 valence electrons. The highest BCUT2D eigenvalue weighted by atomic mass is 32.2. The molecule has 3 aromatic rings. The number of aryl methyl sites for hydroxylation is 1. The van der Waals surface area contributed by atoms with Crippen LogP contribution in [-0.4, -0.2) is 11.7 Å². The van der Waals surface area contributed by atoms with Crippen LogP contribution in [0.15, 0.2) is 51.8 Å². The maximum atomic E-state index is 13.8. The molecule has 3 rings (SSSR count). The third-order valence-electron chi connectivity index (χ3n) is 3.47. The van der Waals surface area contributed by atoms with Crippen LogP contribution in [-0.2, 0) is 0 Å². The average Bonchev–Trinajstić information content (AvgIpc) is 2.88. The summed E-state index contributed by atoms with van der Waals surface area (Å²) in [5.74, 6) is -3.84. The molecule has 1 amide bonds. The third-order valence-corrected chi connectivity index (χ3v) is 4.26. The molecule has 2 aromatic carbocycles. The molecular weight excluding hydrogens is 339 g/mol. The van der Waals surface area contributed by atoms with E-state index < -0.39 is 17.5 Å². The van der Waals surface area contributed by atoms with Crippen LogP contribution in [0, 0.1) is 12.7 Å². The standard InChI is InChI=1S/C17H12F3NO2S/c1-9-10-5-4-6-11(18)15(10)23-14(9)16(22)21-12-7-2-3-8-13(12)24-17(19)20/h2-8,17H,1H3,(H,21,22). The number of nitrogens with one attached hydrogen (secondary N) is 1. The largest absolute Gasteiger partial charge is 0.448 e. The van der Waals surface area contributed by atoms with Crippen molar-refractivity contribution in [3.63, 3.8) is 0 Å². The lowest BCUT2D eigenvalue weighted by Crippen LogP contribution is -2.12. The number of furan rings is 1. The lowest BCUT2D eigenvalue weighted by Gasteiger charge is -2.09. The molecule has 0 bridgehead atoms. The Bertz CT molecular complexity index is 908. The van der Waals surface area contributed by atoms with Crippen LogP contribution >= 0.6 is 11.8 Å². The van der Waals surface area contributed by atoms with Crippen molar-refractivity contribution in [1.82, 2.24) is 0 Å². The molecule has 0 aliphatic rings. The fraction of sp³-hybridized carbons (Fsp3) is 0.118. The molecule has 0 fully saturated rings. The second-order valence-electron chi connectivity index (χ2n) is 5.00. The smallest absolute Gasteiger partial charge is 0.291 e. The van der Waals surface area contributed by atoms with Crippen LogP contribution in [0.2, 0.25) is 0 Å². The van der Waals surface area contributed by atoms with Crippen LogP contribution in [0.5, 0.6) is 0 Å². The number of carbonyl (C=O) groups excluding carboxylic acids is 1. The van der Waals surface area contributed by atoms with Gasteiger partial charge in [0.15, 0.2) is 17.2 Å². The van der Waals surface area contributed by atoms with Crippen LogP contribution in [0.4, 0.5) is 18.9 Å². The van der Waals surface area contributed by atoms with E-state index in [1.54, 1.807) is 25.1 Å². The number of thioether (sulfide) groups is 1. The van der Waals surface area contributed by atoms with Gasteiger partial charge in [-0.15, -0.1) is 0 Å². The minimum absolute atomic E-state index is 0.00427. The van der Waals surface area contributed by atoms with Gasteiger partial charge in [-0.1, -0.05) is 36.0 Å². The summed E-state index contributed by atoms with van der Waals surface area (Å²) in [5.41, 5.74) is 0.726. The topological polar surface area (TPSA) is 42.2 Å². The Balaban J connectivity index is 1.94. The predicted molar refractivity (Wildman–Crippen MR) is 87.2 cm³/mol. The van der Waals surface area contributed by atoms with Gasteiger partial charge in [-0.25, -0.2) is 4.39 Å². The van der Waals surface area contributed by atoms with Crippen molar-refractivity contribution in [2.24, 2.45) is 0 Å². The Kier molecular flexibility index (Phi) is 4.53. The number of fused-ring (bicyclic) bond motifs is 1. The van der Waals surface area contributed by atoms with Crippen LogP contribution in [0.1, 0.15) is 16.1 Å². The maximum absolute atomic E-state index is 13.8. The van der Waals surface area contributed by atoms with Crippen LogP contribution < -0.4 is 5.32 Å². The lowest BCUT2D eigenvalue weighted by atomic mass is 10.1. The highest BCUT2D eigenvalue weighted by Crippen LogP contribution is 2.33. The minimum atomic E-state index is -2.61. The van der Waals surface area contributed by atoms with Gasteiger partial charge in [0.2, 0.25) is 0 Å². The third kappa shape index (κ3) is 3.12. The van der Waals surface area contributed by atoms with Gasteiger partial charge >= 0.3 is 0 Å². The van der Waals surface area contributed by atoms with E-state index in [1.165, 1.54) is 24.3 Å². The molecule has 0 saturated carbocycles. The molecule has 7 heteroatoms. The number of hydrogen-bond acceptors (Lipinski definition) is 3. The highest BCUT2D eigenvalue weighted by Gasteiger charge is 2.21. The zero-order chi connectivity index (χ0) is 17.3. The average molecular weight is 351 g/mol. The molecule has 3 nitrogen and oxygen atoms in total. The monoisotopic (exact) mass is 351 g/mol.